The third kappa shape index (κ3) is 4.34. The van der Waals surface area contributed by atoms with Crippen LogP contribution in [0.25, 0.3) is 0 Å². The number of rotatable bonds is 5. The van der Waals surface area contributed by atoms with E-state index < -0.39 is 0 Å². The maximum atomic E-state index is 11.9. The molecule has 0 aromatic heterocycles. The van der Waals surface area contributed by atoms with Gasteiger partial charge >= 0.3 is 0 Å². The molecular formula is C14H19ClN4O2. The van der Waals surface area contributed by atoms with Crippen LogP contribution in [-0.4, -0.2) is 36.3 Å². The van der Waals surface area contributed by atoms with E-state index in [0.717, 1.165) is 13.0 Å². The fraction of sp³-hybridized carbons (Fsp3) is 0.429. The van der Waals surface area contributed by atoms with E-state index in [4.69, 9.17) is 23.1 Å². The molecule has 1 aliphatic rings. The number of nitrogens with two attached hydrogens (primary N) is 2. The molecule has 1 heterocycles. The molecule has 1 saturated heterocycles. The number of anilines is 2. The molecule has 5 N–H and O–H groups in total. The predicted octanol–water partition coefficient (Wildman–Crippen LogP) is 1.06. The van der Waals surface area contributed by atoms with Crippen molar-refractivity contribution in [2.75, 3.05) is 30.7 Å². The zero-order chi connectivity index (χ0) is 15.4. The van der Waals surface area contributed by atoms with Crippen LogP contribution in [0.5, 0.6) is 0 Å². The first-order valence-corrected chi connectivity index (χ1v) is 7.20. The molecule has 0 bridgehead atoms. The first-order valence-electron chi connectivity index (χ1n) is 6.82. The molecule has 1 atom stereocenters. The fourth-order valence-electron chi connectivity index (χ4n) is 2.37. The Morgan fingerprint density at radius 1 is 1.43 bits per heavy atom. The van der Waals surface area contributed by atoms with Crippen molar-refractivity contribution in [3.8, 4) is 0 Å². The second-order valence-corrected chi connectivity index (χ2v) is 5.63. The number of nitrogen functional groups attached to an aromatic ring is 1. The average Bonchev–Trinajstić information content (AvgIpc) is 2.90. The second kappa shape index (κ2) is 6.78. The summed E-state index contributed by atoms with van der Waals surface area (Å²) in [6.45, 7) is 2.05. The van der Waals surface area contributed by atoms with Gasteiger partial charge in [-0.25, -0.2) is 0 Å². The summed E-state index contributed by atoms with van der Waals surface area (Å²) in [5, 5.41) is 3.23. The lowest BCUT2D eigenvalue weighted by Gasteiger charge is -2.15. The maximum Gasteiger partial charge on any atom is 0.225 e. The zero-order valence-corrected chi connectivity index (χ0v) is 12.4. The molecule has 1 aromatic carbocycles. The van der Waals surface area contributed by atoms with Gasteiger partial charge in [0.15, 0.2) is 0 Å². The van der Waals surface area contributed by atoms with Gasteiger partial charge in [0.05, 0.1) is 16.6 Å². The number of hydrogen-bond acceptors (Lipinski definition) is 4. The fourth-order valence-corrected chi connectivity index (χ4v) is 2.49. The van der Waals surface area contributed by atoms with E-state index in [1.165, 1.54) is 0 Å². The van der Waals surface area contributed by atoms with Gasteiger partial charge in [0, 0.05) is 25.2 Å². The lowest BCUT2D eigenvalue weighted by Crippen LogP contribution is -2.29. The van der Waals surface area contributed by atoms with Gasteiger partial charge in [0.25, 0.3) is 0 Å². The number of carbonyl (C=O) groups is 2. The summed E-state index contributed by atoms with van der Waals surface area (Å²) in [6.07, 6.45) is 1.12. The highest BCUT2D eigenvalue weighted by Gasteiger charge is 2.26. The number of likely N-dealkylation sites (tertiary alicyclic amines) is 1. The Labute approximate surface area is 128 Å². The van der Waals surface area contributed by atoms with Crippen LogP contribution in [0, 0.1) is 5.92 Å². The molecule has 0 aliphatic carbocycles. The molecular weight excluding hydrogens is 292 g/mol. The average molecular weight is 311 g/mol. The lowest BCUT2D eigenvalue weighted by atomic mass is 10.1. The molecule has 1 aromatic rings. The van der Waals surface area contributed by atoms with E-state index in [9.17, 15) is 9.59 Å². The van der Waals surface area contributed by atoms with Crippen LogP contribution < -0.4 is 16.8 Å². The minimum Gasteiger partial charge on any atom is -0.397 e. The third-order valence-corrected chi connectivity index (χ3v) is 3.95. The van der Waals surface area contributed by atoms with E-state index in [2.05, 4.69) is 10.2 Å². The number of halogens is 1. The van der Waals surface area contributed by atoms with Gasteiger partial charge < -0.3 is 21.7 Å². The number of nitrogens with one attached hydrogen (secondary N) is 1. The molecule has 6 nitrogen and oxygen atoms in total. The molecule has 7 heteroatoms. The Kier molecular flexibility index (Phi) is 5.03. The highest BCUT2D eigenvalue weighted by Crippen LogP contribution is 2.22. The van der Waals surface area contributed by atoms with Crippen LogP contribution in [-0.2, 0) is 9.59 Å². The monoisotopic (exact) mass is 310 g/mol. The first kappa shape index (κ1) is 15.6. The Bertz CT molecular complexity index is 550. The molecule has 0 radical (unpaired) electrons. The number of nitrogens with zero attached hydrogens (tertiary/aromatic N) is 1. The molecule has 0 spiro atoms. The summed E-state index contributed by atoms with van der Waals surface area (Å²) < 4.78 is 0. The van der Waals surface area contributed by atoms with Crippen LogP contribution >= 0.6 is 11.6 Å². The van der Waals surface area contributed by atoms with E-state index in [1.54, 1.807) is 18.2 Å². The normalized spacial score (nSPS) is 18.6. The minimum absolute atomic E-state index is 0.0934. The number of benzene rings is 1. The van der Waals surface area contributed by atoms with Crippen LogP contribution in [0.4, 0.5) is 11.4 Å². The number of amides is 2. The summed E-state index contributed by atoms with van der Waals surface area (Å²) in [6, 6.07) is 4.97. The molecule has 21 heavy (non-hydrogen) atoms. The maximum absolute atomic E-state index is 11.9. The summed E-state index contributed by atoms with van der Waals surface area (Å²) in [5.74, 6) is -0.457. The Balaban J connectivity index is 1.77. The Hall–Kier alpha value is -1.79. The zero-order valence-electron chi connectivity index (χ0n) is 11.6. The van der Waals surface area contributed by atoms with Crippen LogP contribution in [0.1, 0.15) is 12.8 Å². The van der Waals surface area contributed by atoms with Gasteiger partial charge in [-0.2, -0.15) is 0 Å². The van der Waals surface area contributed by atoms with E-state index >= 15 is 0 Å². The third-order valence-electron chi connectivity index (χ3n) is 3.61. The van der Waals surface area contributed by atoms with Gasteiger partial charge in [-0.1, -0.05) is 11.6 Å². The summed E-state index contributed by atoms with van der Waals surface area (Å²) >= 11 is 5.82. The van der Waals surface area contributed by atoms with Crippen molar-refractivity contribution in [2.24, 2.45) is 11.7 Å². The Morgan fingerprint density at radius 3 is 2.81 bits per heavy atom. The van der Waals surface area contributed by atoms with Crippen molar-refractivity contribution in [1.29, 1.82) is 0 Å². The molecule has 0 saturated carbocycles. The molecule has 1 unspecified atom stereocenters. The summed E-state index contributed by atoms with van der Waals surface area (Å²) in [7, 11) is 0. The van der Waals surface area contributed by atoms with Crippen molar-refractivity contribution in [3.63, 3.8) is 0 Å². The van der Waals surface area contributed by atoms with Gasteiger partial charge in [0.2, 0.25) is 11.8 Å². The van der Waals surface area contributed by atoms with Crippen molar-refractivity contribution >= 4 is 34.8 Å². The number of carbonyl (C=O) groups excluding carboxylic acids is 2. The van der Waals surface area contributed by atoms with Gasteiger partial charge in [-0.3, -0.25) is 9.59 Å². The highest BCUT2D eigenvalue weighted by atomic mass is 35.5. The SMILES string of the molecule is NC(=O)C1CCN(CCC(=O)Nc2ccc(Cl)c(N)c2)C1. The quantitative estimate of drug-likeness (QED) is 0.708. The van der Waals surface area contributed by atoms with E-state index in [1.807, 2.05) is 0 Å². The topological polar surface area (TPSA) is 101 Å². The molecule has 2 amide bonds. The van der Waals surface area contributed by atoms with Gasteiger partial charge in [-0.05, 0) is 31.2 Å². The summed E-state index contributed by atoms with van der Waals surface area (Å²) in [4.78, 5) is 25.0. The van der Waals surface area contributed by atoms with Crippen LogP contribution in [0.15, 0.2) is 18.2 Å². The van der Waals surface area contributed by atoms with Crippen LogP contribution in [0.3, 0.4) is 0 Å². The minimum atomic E-state index is -0.265. The predicted molar refractivity (Wildman–Crippen MR) is 82.9 cm³/mol. The number of hydrogen-bond donors (Lipinski definition) is 3. The smallest absolute Gasteiger partial charge is 0.225 e. The lowest BCUT2D eigenvalue weighted by molar-refractivity contribution is -0.121. The van der Waals surface area contributed by atoms with E-state index in [0.29, 0.717) is 35.9 Å². The van der Waals surface area contributed by atoms with Gasteiger partial charge in [-0.15, -0.1) is 0 Å². The second-order valence-electron chi connectivity index (χ2n) is 5.22. The standard InChI is InChI=1S/C14H19ClN4O2/c15-11-2-1-10(7-12(11)16)18-13(20)4-6-19-5-3-9(8-19)14(17)21/h1-2,7,9H,3-6,8,16H2,(H2,17,21)(H,18,20). The number of primary amides is 1. The summed E-state index contributed by atoms with van der Waals surface area (Å²) in [5.41, 5.74) is 12.0. The van der Waals surface area contributed by atoms with Crippen molar-refractivity contribution in [2.45, 2.75) is 12.8 Å². The molecule has 2 rings (SSSR count). The molecule has 1 aliphatic heterocycles. The molecule has 114 valence electrons. The van der Waals surface area contributed by atoms with Crippen molar-refractivity contribution in [1.82, 2.24) is 4.90 Å². The first-order chi connectivity index (χ1) is 9.95. The van der Waals surface area contributed by atoms with E-state index in [-0.39, 0.29) is 17.7 Å². The van der Waals surface area contributed by atoms with Gasteiger partial charge in [0.1, 0.15) is 0 Å². The molecule has 1 fully saturated rings. The van der Waals surface area contributed by atoms with Crippen molar-refractivity contribution < 1.29 is 9.59 Å². The Morgan fingerprint density at radius 2 is 2.19 bits per heavy atom. The highest BCUT2D eigenvalue weighted by molar-refractivity contribution is 6.33. The van der Waals surface area contributed by atoms with Crippen LogP contribution in [0.2, 0.25) is 5.02 Å². The largest absolute Gasteiger partial charge is 0.397 e. The van der Waals surface area contributed by atoms with Crippen molar-refractivity contribution in [3.05, 3.63) is 23.2 Å².